The number of allylic oxidation sites excluding steroid dienone is 2. The second-order valence-corrected chi connectivity index (χ2v) is 2.97. The molecule has 0 bridgehead atoms. The summed E-state index contributed by atoms with van der Waals surface area (Å²) in [6.45, 7) is 3.60. The van der Waals surface area contributed by atoms with Crippen molar-refractivity contribution in [3.63, 3.8) is 0 Å². The summed E-state index contributed by atoms with van der Waals surface area (Å²) in [5, 5.41) is 0. The van der Waals surface area contributed by atoms with Gasteiger partial charge in [0, 0.05) is 6.04 Å². The molecule has 0 amide bonds. The SMILES string of the molecule is C=C/C=C/C(N)Cc1ccccc1. The molecule has 0 saturated carbocycles. The van der Waals surface area contributed by atoms with Gasteiger partial charge in [-0.25, -0.2) is 0 Å². The van der Waals surface area contributed by atoms with Gasteiger partial charge in [-0.1, -0.05) is 55.1 Å². The lowest BCUT2D eigenvalue weighted by Crippen LogP contribution is -2.19. The largest absolute Gasteiger partial charge is 0.324 e. The van der Waals surface area contributed by atoms with Gasteiger partial charge >= 0.3 is 0 Å². The van der Waals surface area contributed by atoms with Crippen molar-refractivity contribution in [2.24, 2.45) is 5.73 Å². The molecule has 68 valence electrons. The van der Waals surface area contributed by atoms with Crippen LogP contribution in [0.2, 0.25) is 0 Å². The fourth-order valence-electron chi connectivity index (χ4n) is 1.18. The average Bonchev–Trinajstić information content (AvgIpc) is 2.16. The van der Waals surface area contributed by atoms with Gasteiger partial charge in [0.2, 0.25) is 0 Å². The molecular formula is C12H15N. The van der Waals surface area contributed by atoms with E-state index in [0.717, 1.165) is 6.42 Å². The molecular weight excluding hydrogens is 158 g/mol. The minimum absolute atomic E-state index is 0.0837. The maximum absolute atomic E-state index is 5.86. The Balaban J connectivity index is 2.50. The van der Waals surface area contributed by atoms with Crippen molar-refractivity contribution >= 4 is 0 Å². The fourth-order valence-corrected chi connectivity index (χ4v) is 1.18. The van der Waals surface area contributed by atoms with Crippen LogP contribution in [0.1, 0.15) is 5.56 Å². The smallest absolute Gasteiger partial charge is 0.0267 e. The van der Waals surface area contributed by atoms with Crippen LogP contribution in [-0.4, -0.2) is 6.04 Å². The Hall–Kier alpha value is -1.34. The van der Waals surface area contributed by atoms with Crippen LogP contribution >= 0.6 is 0 Å². The van der Waals surface area contributed by atoms with E-state index in [1.54, 1.807) is 6.08 Å². The predicted molar refractivity (Wildman–Crippen MR) is 57.5 cm³/mol. The van der Waals surface area contributed by atoms with E-state index in [4.69, 9.17) is 5.73 Å². The third-order valence-corrected chi connectivity index (χ3v) is 1.81. The maximum Gasteiger partial charge on any atom is 0.0267 e. The number of hydrogen-bond donors (Lipinski definition) is 1. The Kier molecular flexibility index (Phi) is 4.00. The highest BCUT2D eigenvalue weighted by Crippen LogP contribution is 2.02. The van der Waals surface area contributed by atoms with Crippen molar-refractivity contribution < 1.29 is 0 Å². The zero-order chi connectivity index (χ0) is 9.52. The highest BCUT2D eigenvalue weighted by atomic mass is 14.6. The summed E-state index contributed by atoms with van der Waals surface area (Å²) in [5.41, 5.74) is 7.12. The van der Waals surface area contributed by atoms with Gasteiger partial charge in [0.1, 0.15) is 0 Å². The van der Waals surface area contributed by atoms with Crippen LogP contribution in [0.15, 0.2) is 55.1 Å². The van der Waals surface area contributed by atoms with Gasteiger partial charge in [0.25, 0.3) is 0 Å². The summed E-state index contributed by atoms with van der Waals surface area (Å²) in [6.07, 6.45) is 6.46. The molecule has 0 spiro atoms. The molecule has 1 rings (SSSR count). The van der Waals surface area contributed by atoms with Crippen LogP contribution in [0.4, 0.5) is 0 Å². The van der Waals surface area contributed by atoms with E-state index in [9.17, 15) is 0 Å². The van der Waals surface area contributed by atoms with Gasteiger partial charge in [-0.15, -0.1) is 0 Å². The molecule has 1 nitrogen and oxygen atoms in total. The molecule has 0 aliphatic rings. The van der Waals surface area contributed by atoms with Crippen LogP contribution in [0.3, 0.4) is 0 Å². The molecule has 1 atom stereocenters. The summed E-state index contributed by atoms with van der Waals surface area (Å²) in [7, 11) is 0. The van der Waals surface area contributed by atoms with Crippen LogP contribution in [0, 0.1) is 0 Å². The maximum atomic E-state index is 5.86. The normalized spacial score (nSPS) is 13.0. The summed E-state index contributed by atoms with van der Waals surface area (Å²) >= 11 is 0. The first-order valence-electron chi connectivity index (χ1n) is 4.41. The lowest BCUT2D eigenvalue weighted by atomic mass is 10.1. The Morgan fingerprint density at radius 1 is 1.31 bits per heavy atom. The quantitative estimate of drug-likeness (QED) is 0.695. The monoisotopic (exact) mass is 173 g/mol. The van der Waals surface area contributed by atoms with Gasteiger partial charge in [-0.05, 0) is 12.0 Å². The van der Waals surface area contributed by atoms with E-state index in [-0.39, 0.29) is 6.04 Å². The van der Waals surface area contributed by atoms with Crippen LogP contribution in [0.5, 0.6) is 0 Å². The first-order valence-corrected chi connectivity index (χ1v) is 4.41. The molecule has 0 saturated heterocycles. The molecule has 0 fully saturated rings. The number of nitrogens with two attached hydrogens (primary N) is 1. The molecule has 1 aromatic carbocycles. The zero-order valence-electron chi connectivity index (χ0n) is 7.69. The first kappa shape index (κ1) is 9.75. The molecule has 0 aromatic heterocycles. The van der Waals surface area contributed by atoms with Crippen molar-refractivity contribution in [1.82, 2.24) is 0 Å². The summed E-state index contributed by atoms with van der Waals surface area (Å²) in [4.78, 5) is 0. The van der Waals surface area contributed by atoms with E-state index in [2.05, 4.69) is 18.7 Å². The van der Waals surface area contributed by atoms with Crippen LogP contribution < -0.4 is 5.73 Å². The van der Waals surface area contributed by atoms with Gasteiger partial charge in [0.15, 0.2) is 0 Å². The molecule has 0 aliphatic heterocycles. The van der Waals surface area contributed by atoms with E-state index in [0.29, 0.717) is 0 Å². The molecule has 2 N–H and O–H groups in total. The van der Waals surface area contributed by atoms with E-state index in [1.165, 1.54) is 5.56 Å². The van der Waals surface area contributed by atoms with E-state index in [1.807, 2.05) is 30.4 Å². The third-order valence-electron chi connectivity index (χ3n) is 1.81. The molecule has 1 aromatic rings. The summed E-state index contributed by atoms with van der Waals surface area (Å²) in [6, 6.07) is 10.3. The fraction of sp³-hybridized carbons (Fsp3) is 0.167. The molecule has 0 radical (unpaired) electrons. The summed E-state index contributed by atoms with van der Waals surface area (Å²) in [5.74, 6) is 0. The first-order chi connectivity index (χ1) is 6.33. The minimum atomic E-state index is 0.0837. The molecule has 1 unspecified atom stereocenters. The Labute approximate surface area is 79.6 Å². The van der Waals surface area contributed by atoms with Crippen molar-refractivity contribution in [1.29, 1.82) is 0 Å². The van der Waals surface area contributed by atoms with Gasteiger partial charge < -0.3 is 5.73 Å². The molecule has 0 aliphatic carbocycles. The summed E-state index contributed by atoms with van der Waals surface area (Å²) < 4.78 is 0. The zero-order valence-corrected chi connectivity index (χ0v) is 7.69. The van der Waals surface area contributed by atoms with Crippen molar-refractivity contribution in [2.45, 2.75) is 12.5 Å². The van der Waals surface area contributed by atoms with E-state index < -0.39 is 0 Å². The number of hydrogen-bond acceptors (Lipinski definition) is 1. The highest BCUT2D eigenvalue weighted by Gasteiger charge is 1.97. The van der Waals surface area contributed by atoms with Gasteiger partial charge in [-0.3, -0.25) is 0 Å². The molecule has 0 heterocycles. The Morgan fingerprint density at radius 3 is 2.62 bits per heavy atom. The number of benzene rings is 1. The van der Waals surface area contributed by atoms with Gasteiger partial charge in [0.05, 0.1) is 0 Å². The third kappa shape index (κ3) is 3.72. The minimum Gasteiger partial charge on any atom is -0.324 e. The Bertz CT molecular complexity index is 274. The second kappa shape index (κ2) is 5.33. The highest BCUT2D eigenvalue weighted by molar-refractivity contribution is 5.17. The lowest BCUT2D eigenvalue weighted by Gasteiger charge is -2.05. The second-order valence-electron chi connectivity index (χ2n) is 2.97. The molecule has 1 heteroatoms. The molecule has 13 heavy (non-hydrogen) atoms. The van der Waals surface area contributed by atoms with E-state index >= 15 is 0 Å². The van der Waals surface area contributed by atoms with Crippen molar-refractivity contribution in [3.05, 3.63) is 60.7 Å². The topological polar surface area (TPSA) is 26.0 Å². The van der Waals surface area contributed by atoms with Crippen LogP contribution in [0.25, 0.3) is 0 Å². The number of rotatable bonds is 4. The average molecular weight is 173 g/mol. The van der Waals surface area contributed by atoms with Crippen molar-refractivity contribution in [2.75, 3.05) is 0 Å². The Morgan fingerprint density at radius 2 is 2.00 bits per heavy atom. The predicted octanol–water partition coefficient (Wildman–Crippen LogP) is 2.30. The van der Waals surface area contributed by atoms with Crippen molar-refractivity contribution in [3.8, 4) is 0 Å². The van der Waals surface area contributed by atoms with Crippen LogP contribution in [-0.2, 0) is 6.42 Å². The standard InChI is InChI=1S/C12H15N/c1-2-3-9-12(13)10-11-7-5-4-6-8-11/h2-9,12H,1,10,13H2/b9-3+. The van der Waals surface area contributed by atoms with Gasteiger partial charge in [-0.2, -0.15) is 0 Å². The lowest BCUT2D eigenvalue weighted by molar-refractivity contribution is 0.810.